The number of methoxy groups -OCH3 is 1. The summed E-state index contributed by atoms with van der Waals surface area (Å²) in [7, 11) is 1.31. The third-order valence-electron chi connectivity index (χ3n) is 2.15. The quantitative estimate of drug-likeness (QED) is 0.568. The van der Waals surface area contributed by atoms with Crippen LogP contribution in [0.15, 0.2) is 18.2 Å². The highest BCUT2D eigenvalue weighted by Crippen LogP contribution is 2.14. The predicted molar refractivity (Wildman–Crippen MR) is 63.9 cm³/mol. The Bertz CT molecular complexity index is 444. The van der Waals surface area contributed by atoms with Crippen molar-refractivity contribution in [1.82, 2.24) is 0 Å². The van der Waals surface area contributed by atoms with E-state index in [1.54, 1.807) is 18.2 Å². The molecule has 3 N–H and O–H groups in total. The summed E-state index contributed by atoms with van der Waals surface area (Å²) in [5.41, 5.74) is 7.60. The van der Waals surface area contributed by atoms with Crippen LogP contribution in [0.3, 0.4) is 0 Å². The highest BCUT2D eigenvalue weighted by Gasteiger charge is 2.06. The summed E-state index contributed by atoms with van der Waals surface area (Å²) in [5.74, 6) is -1.40. The number of rotatable bonds is 6. The lowest BCUT2D eigenvalue weighted by molar-refractivity contribution is -0.142. The van der Waals surface area contributed by atoms with Crippen LogP contribution in [0.1, 0.15) is 11.1 Å². The molecule has 1 aromatic carbocycles. The van der Waals surface area contributed by atoms with Crippen molar-refractivity contribution >= 4 is 17.6 Å². The van der Waals surface area contributed by atoms with Crippen LogP contribution in [-0.2, 0) is 32.1 Å². The van der Waals surface area contributed by atoms with Crippen LogP contribution < -0.4 is 5.73 Å². The first-order valence-electron chi connectivity index (χ1n) is 5.26. The van der Waals surface area contributed by atoms with E-state index in [2.05, 4.69) is 4.74 Å². The van der Waals surface area contributed by atoms with Gasteiger partial charge in [0.2, 0.25) is 0 Å². The molecule has 18 heavy (non-hydrogen) atoms. The van der Waals surface area contributed by atoms with Gasteiger partial charge in [0, 0.05) is 5.69 Å². The van der Waals surface area contributed by atoms with E-state index in [0.717, 1.165) is 5.56 Å². The second-order valence-electron chi connectivity index (χ2n) is 3.72. The van der Waals surface area contributed by atoms with Gasteiger partial charge in [0.15, 0.2) is 0 Å². The van der Waals surface area contributed by atoms with E-state index in [0.29, 0.717) is 11.3 Å². The SMILES string of the molecule is COC(=O)Cc1cc(N)cc(COCC(=O)O)c1. The van der Waals surface area contributed by atoms with Gasteiger partial charge in [-0.15, -0.1) is 0 Å². The smallest absolute Gasteiger partial charge is 0.329 e. The highest BCUT2D eigenvalue weighted by atomic mass is 16.5. The first kappa shape index (κ1) is 14.0. The minimum Gasteiger partial charge on any atom is -0.480 e. The fourth-order valence-corrected chi connectivity index (χ4v) is 1.47. The Labute approximate surface area is 104 Å². The van der Waals surface area contributed by atoms with Crippen LogP contribution in [0.25, 0.3) is 0 Å². The molecule has 0 unspecified atom stereocenters. The lowest BCUT2D eigenvalue weighted by Gasteiger charge is -2.07. The van der Waals surface area contributed by atoms with Gasteiger partial charge in [-0.05, 0) is 23.3 Å². The molecule has 0 atom stereocenters. The highest BCUT2D eigenvalue weighted by molar-refractivity contribution is 5.73. The van der Waals surface area contributed by atoms with E-state index < -0.39 is 5.97 Å². The summed E-state index contributed by atoms with van der Waals surface area (Å²) in [5, 5.41) is 8.44. The molecule has 0 spiro atoms. The van der Waals surface area contributed by atoms with Crippen molar-refractivity contribution < 1.29 is 24.2 Å². The summed E-state index contributed by atoms with van der Waals surface area (Å²) in [6, 6.07) is 5.06. The van der Waals surface area contributed by atoms with Gasteiger partial charge >= 0.3 is 11.9 Å². The van der Waals surface area contributed by atoms with Gasteiger partial charge in [-0.1, -0.05) is 6.07 Å². The Morgan fingerprint density at radius 2 is 1.94 bits per heavy atom. The summed E-state index contributed by atoms with van der Waals surface area (Å²) in [4.78, 5) is 21.4. The molecule has 0 aliphatic carbocycles. The molecule has 0 bridgehead atoms. The number of aliphatic carboxylic acids is 1. The zero-order valence-electron chi connectivity index (χ0n) is 10.0. The molecule has 0 radical (unpaired) electrons. The first-order valence-corrected chi connectivity index (χ1v) is 5.26. The standard InChI is InChI=1S/C12H15NO5/c1-17-12(16)5-8-2-9(4-10(13)3-8)6-18-7-11(14)15/h2-4H,5-7,13H2,1H3,(H,14,15). The molecule has 0 fully saturated rings. The fourth-order valence-electron chi connectivity index (χ4n) is 1.47. The van der Waals surface area contributed by atoms with Gasteiger partial charge in [-0.3, -0.25) is 4.79 Å². The van der Waals surface area contributed by atoms with Crippen molar-refractivity contribution in [2.45, 2.75) is 13.0 Å². The van der Waals surface area contributed by atoms with Crippen LogP contribution in [0, 0.1) is 0 Å². The average molecular weight is 253 g/mol. The van der Waals surface area contributed by atoms with Gasteiger partial charge in [0.25, 0.3) is 0 Å². The number of ether oxygens (including phenoxy) is 2. The van der Waals surface area contributed by atoms with Crippen LogP contribution in [-0.4, -0.2) is 30.8 Å². The number of carbonyl (C=O) groups excluding carboxylic acids is 1. The summed E-state index contributed by atoms with van der Waals surface area (Å²) in [6.07, 6.45) is 0.119. The second kappa shape index (κ2) is 6.61. The molecule has 98 valence electrons. The molecular formula is C12H15NO5. The lowest BCUT2D eigenvalue weighted by Crippen LogP contribution is -2.08. The van der Waals surface area contributed by atoms with E-state index in [9.17, 15) is 9.59 Å². The number of hydrogen-bond acceptors (Lipinski definition) is 5. The monoisotopic (exact) mass is 253 g/mol. The Balaban J connectivity index is 2.68. The van der Waals surface area contributed by atoms with Gasteiger partial charge < -0.3 is 20.3 Å². The number of carboxylic acids is 1. The zero-order valence-corrected chi connectivity index (χ0v) is 10.0. The number of esters is 1. The van der Waals surface area contributed by atoms with E-state index in [-0.39, 0.29) is 25.6 Å². The van der Waals surface area contributed by atoms with Crippen molar-refractivity contribution in [1.29, 1.82) is 0 Å². The minimum absolute atomic E-state index is 0.119. The molecule has 0 aliphatic heterocycles. The molecular weight excluding hydrogens is 238 g/mol. The van der Waals surface area contributed by atoms with Crippen molar-refractivity contribution in [2.75, 3.05) is 19.5 Å². The molecule has 6 heteroatoms. The zero-order chi connectivity index (χ0) is 13.5. The van der Waals surface area contributed by atoms with E-state index in [1.165, 1.54) is 7.11 Å². The Kier molecular flexibility index (Phi) is 5.13. The van der Waals surface area contributed by atoms with Crippen LogP contribution in [0.5, 0.6) is 0 Å². The number of nitrogens with two attached hydrogens (primary N) is 1. The maximum atomic E-state index is 11.1. The third kappa shape index (κ3) is 4.84. The number of carbonyl (C=O) groups is 2. The average Bonchev–Trinajstić information content (AvgIpc) is 2.27. The normalized spacial score (nSPS) is 10.1. The molecule has 0 amide bonds. The van der Waals surface area contributed by atoms with Gasteiger partial charge in [-0.2, -0.15) is 0 Å². The molecule has 1 aromatic rings. The summed E-state index contributed by atoms with van der Waals surface area (Å²) >= 11 is 0. The van der Waals surface area contributed by atoms with E-state index in [4.69, 9.17) is 15.6 Å². The number of nitrogen functional groups attached to an aromatic ring is 1. The predicted octanol–water partition coefficient (Wildman–Crippen LogP) is 0.585. The molecule has 0 saturated heterocycles. The van der Waals surface area contributed by atoms with Crippen molar-refractivity contribution in [3.05, 3.63) is 29.3 Å². The number of anilines is 1. The first-order chi connectivity index (χ1) is 8.51. The van der Waals surface area contributed by atoms with Crippen LogP contribution in [0.2, 0.25) is 0 Å². The molecule has 0 aliphatic rings. The molecule has 0 saturated carbocycles. The number of hydrogen-bond donors (Lipinski definition) is 2. The molecule has 1 rings (SSSR count). The van der Waals surface area contributed by atoms with Crippen LogP contribution >= 0.6 is 0 Å². The number of carboxylic acid groups (broad SMARTS) is 1. The maximum absolute atomic E-state index is 11.1. The molecule has 0 heterocycles. The van der Waals surface area contributed by atoms with Crippen LogP contribution in [0.4, 0.5) is 5.69 Å². The fraction of sp³-hybridized carbons (Fsp3) is 0.333. The topological polar surface area (TPSA) is 98.9 Å². The van der Waals surface area contributed by atoms with Gasteiger partial charge in [0.05, 0.1) is 20.1 Å². The second-order valence-corrected chi connectivity index (χ2v) is 3.72. The van der Waals surface area contributed by atoms with E-state index >= 15 is 0 Å². The minimum atomic E-state index is -1.03. The Morgan fingerprint density at radius 3 is 2.56 bits per heavy atom. The Morgan fingerprint density at radius 1 is 1.28 bits per heavy atom. The largest absolute Gasteiger partial charge is 0.480 e. The molecule has 0 aromatic heterocycles. The van der Waals surface area contributed by atoms with E-state index in [1.807, 2.05) is 0 Å². The van der Waals surface area contributed by atoms with Gasteiger partial charge in [0.1, 0.15) is 6.61 Å². The summed E-state index contributed by atoms with van der Waals surface area (Å²) in [6.45, 7) is -0.243. The van der Waals surface area contributed by atoms with Gasteiger partial charge in [-0.25, -0.2) is 4.79 Å². The Hall–Kier alpha value is -2.08. The van der Waals surface area contributed by atoms with Crippen molar-refractivity contribution in [2.24, 2.45) is 0 Å². The summed E-state index contributed by atoms with van der Waals surface area (Å²) < 4.78 is 9.51. The van der Waals surface area contributed by atoms with Crippen molar-refractivity contribution in [3.63, 3.8) is 0 Å². The lowest BCUT2D eigenvalue weighted by atomic mass is 10.1. The third-order valence-corrected chi connectivity index (χ3v) is 2.15. The molecule has 6 nitrogen and oxygen atoms in total. The number of benzene rings is 1. The van der Waals surface area contributed by atoms with Crippen molar-refractivity contribution in [3.8, 4) is 0 Å². The maximum Gasteiger partial charge on any atom is 0.329 e.